The van der Waals surface area contributed by atoms with E-state index in [-0.39, 0.29) is 12.4 Å². The second-order valence-corrected chi connectivity index (χ2v) is 7.55. The summed E-state index contributed by atoms with van der Waals surface area (Å²) in [6, 6.07) is 10.4. The molecule has 3 atom stereocenters. The van der Waals surface area contributed by atoms with E-state index in [1.54, 1.807) is 0 Å². The van der Waals surface area contributed by atoms with Gasteiger partial charge >= 0.3 is 0 Å². The van der Waals surface area contributed by atoms with Gasteiger partial charge in [0.2, 0.25) is 5.88 Å². The van der Waals surface area contributed by atoms with E-state index < -0.39 is 0 Å². The average Bonchev–Trinajstić information content (AvgIpc) is 3.28. The molecule has 2 saturated carbocycles. The smallest absolute Gasteiger partial charge is 0.212 e. The molecule has 1 N–H and O–H groups in total. The lowest BCUT2D eigenvalue weighted by Crippen LogP contribution is -2.19. The number of benzene rings is 1. The largest absolute Gasteiger partial charge is 0.473 e. The first-order valence-electron chi connectivity index (χ1n) is 8.83. The maximum absolute atomic E-state index is 6.14. The highest BCUT2D eigenvalue weighted by atomic mass is 35.5. The Bertz CT molecular complexity index is 718. The van der Waals surface area contributed by atoms with Crippen molar-refractivity contribution in [2.45, 2.75) is 44.9 Å². The number of aromatic nitrogens is 2. The van der Waals surface area contributed by atoms with Crippen molar-refractivity contribution in [3.8, 4) is 5.88 Å². The summed E-state index contributed by atoms with van der Waals surface area (Å²) >= 11 is 6.07. The average molecular weight is 382 g/mol. The Kier molecular flexibility index (Phi) is 5.92. The molecule has 2 aliphatic rings. The number of ether oxygens (including phenoxy) is 1. The maximum Gasteiger partial charge on any atom is 0.212 e. The quantitative estimate of drug-likeness (QED) is 0.793. The number of hydrogen-bond donors (Lipinski definition) is 1. The zero-order valence-electron chi connectivity index (χ0n) is 14.5. The van der Waals surface area contributed by atoms with E-state index >= 15 is 0 Å². The number of fused-ring (bicyclic) bond motifs is 2. The molecule has 2 bridgehead atoms. The van der Waals surface area contributed by atoms with Gasteiger partial charge in [-0.3, -0.25) is 0 Å². The number of hydrogen-bond acceptors (Lipinski definition) is 3. The molecule has 2 aromatic rings. The fraction of sp³-hybridized carbons (Fsp3) is 0.526. The maximum atomic E-state index is 6.14. The lowest BCUT2D eigenvalue weighted by Gasteiger charge is -2.23. The van der Waals surface area contributed by atoms with Crippen molar-refractivity contribution in [2.75, 3.05) is 7.05 Å². The molecule has 4 rings (SSSR count). The van der Waals surface area contributed by atoms with E-state index in [2.05, 4.69) is 16.1 Å². The predicted octanol–water partition coefficient (Wildman–Crippen LogP) is 4.62. The highest BCUT2D eigenvalue weighted by molar-refractivity contribution is 6.30. The highest BCUT2D eigenvalue weighted by Gasteiger charge is 2.41. The van der Waals surface area contributed by atoms with Crippen molar-refractivity contribution in [3.05, 3.63) is 46.6 Å². The molecular weight excluding hydrogens is 357 g/mol. The first-order valence-corrected chi connectivity index (χ1v) is 9.21. The Balaban J connectivity index is 0.00000182. The minimum absolute atomic E-state index is 0. The van der Waals surface area contributed by atoms with E-state index in [1.165, 1.54) is 25.7 Å². The number of nitrogens with one attached hydrogen (secondary N) is 1. The predicted molar refractivity (Wildman–Crippen MR) is 103 cm³/mol. The topological polar surface area (TPSA) is 39.1 Å². The summed E-state index contributed by atoms with van der Waals surface area (Å²) in [6.45, 7) is 1.29. The van der Waals surface area contributed by atoms with Crippen LogP contribution < -0.4 is 10.1 Å². The fourth-order valence-corrected chi connectivity index (χ4v) is 4.55. The molecule has 1 heterocycles. The third kappa shape index (κ3) is 3.97. The summed E-state index contributed by atoms with van der Waals surface area (Å²) < 4.78 is 8.29. The number of rotatable bonds is 6. The van der Waals surface area contributed by atoms with Crippen molar-refractivity contribution >= 4 is 24.0 Å². The highest BCUT2D eigenvalue weighted by Crippen LogP contribution is 2.51. The molecule has 0 aliphatic heterocycles. The third-order valence-electron chi connectivity index (χ3n) is 5.40. The molecular formula is C19H25Cl2N3O. The summed E-state index contributed by atoms with van der Waals surface area (Å²) in [6.07, 6.45) is 5.34. The fourth-order valence-electron chi connectivity index (χ4n) is 4.33. The molecule has 6 heteroatoms. The van der Waals surface area contributed by atoms with Gasteiger partial charge in [-0.25, -0.2) is 4.68 Å². The standard InChI is InChI=1S/C19H24ClN3O.ClH/c1-21-11-17-10-19(24-12-14-3-2-4-16(20)8-14)23(22-17)18-9-13-5-6-15(18)7-13;/h2-4,8,10,13,15,18,21H,5-7,9,11-12H2,1H3;1H. The number of halogens is 2. The van der Waals surface area contributed by atoms with Crippen LogP contribution in [0.1, 0.15) is 43.0 Å². The van der Waals surface area contributed by atoms with Crippen molar-refractivity contribution in [1.29, 1.82) is 0 Å². The van der Waals surface area contributed by atoms with Gasteiger partial charge in [0, 0.05) is 17.6 Å². The van der Waals surface area contributed by atoms with Crippen LogP contribution in [0.2, 0.25) is 5.02 Å². The van der Waals surface area contributed by atoms with Crippen LogP contribution in [-0.2, 0) is 13.2 Å². The Hall–Kier alpha value is -1.23. The van der Waals surface area contributed by atoms with Gasteiger partial charge in [-0.1, -0.05) is 30.2 Å². The van der Waals surface area contributed by atoms with E-state index in [9.17, 15) is 0 Å². The zero-order chi connectivity index (χ0) is 16.5. The Morgan fingerprint density at radius 3 is 2.84 bits per heavy atom. The van der Waals surface area contributed by atoms with Crippen LogP contribution in [0.25, 0.3) is 0 Å². The van der Waals surface area contributed by atoms with Crippen molar-refractivity contribution in [2.24, 2.45) is 11.8 Å². The SMILES string of the molecule is CNCc1cc(OCc2cccc(Cl)c2)n(C2CC3CCC2C3)n1.Cl. The van der Waals surface area contributed by atoms with E-state index in [0.717, 1.165) is 40.5 Å². The van der Waals surface area contributed by atoms with Crippen molar-refractivity contribution in [3.63, 3.8) is 0 Å². The molecule has 136 valence electrons. The van der Waals surface area contributed by atoms with Gasteiger partial charge in [-0.05, 0) is 55.8 Å². The van der Waals surface area contributed by atoms with E-state index in [0.29, 0.717) is 12.6 Å². The van der Waals surface area contributed by atoms with Crippen LogP contribution in [0.3, 0.4) is 0 Å². The third-order valence-corrected chi connectivity index (χ3v) is 5.64. The molecule has 4 nitrogen and oxygen atoms in total. The summed E-state index contributed by atoms with van der Waals surface area (Å²) in [4.78, 5) is 0. The molecule has 1 aromatic carbocycles. The summed E-state index contributed by atoms with van der Waals surface area (Å²) in [5, 5.41) is 8.76. The van der Waals surface area contributed by atoms with Gasteiger partial charge in [0.05, 0.1) is 11.7 Å². The monoisotopic (exact) mass is 381 g/mol. The Labute approximate surface area is 160 Å². The van der Waals surface area contributed by atoms with Crippen molar-refractivity contribution < 1.29 is 4.74 Å². The van der Waals surface area contributed by atoms with Crippen LogP contribution >= 0.6 is 24.0 Å². The van der Waals surface area contributed by atoms with Gasteiger partial charge in [-0.15, -0.1) is 12.4 Å². The first-order chi connectivity index (χ1) is 11.7. The molecule has 1 aromatic heterocycles. The molecule has 3 unspecified atom stereocenters. The Morgan fingerprint density at radius 2 is 2.16 bits per heavy atom. The summed E-state index contributed by atoms with van der Waals surface area (Å²) in [5.41, 5.74) is 2.12. The molecule has 2 fully saturated rings. The second-order valence-electron chi connectivity index (χ2n) is 7.11. The first kappa shape index (κ1) is 18.6. The van der Waals surface area contributed by atoms with E-state index in [1.807, 2.05) is 31.3 Å². The summed E-state index contributed by atoms with van der Waals surface area (Å²) in [5.74, 6) is 2.54. The van der Waals surface area contributed by atoms with Gasteiger partial charge in [0.15, 0.2) is 0 Å². The lowest BCUT2D eigenvalue weighted by atomic mass is 9.95. The second kappa shape index (κ2) is 7.98. The van der Waals surface area contributed by atoms with Crippen LogP contribution in [0.5, 0.6) is 5.88 Å². The van der Waals surface area contributed by atoms with Crippen LogP contribution in [-0.4, -0.2) is 16.8 Å². The minimum atomic E-state index is 0. The van der Waals surface area contributed by atoms with Gasteiger partial charge in [0.1, 0.15) is 6.61 Å². The molecule has 2 aliphatic carbocycles. The Morgan fingerprint density at radius 1 is 1.28 bits per heavy atom. The normalized spacial score (nSPS) is 24.3. The molecule has 25 heavy (non-hydrogen) atoms. The van der Waals surface area contributed by atoms with Crippen LogP contribution in [0, 0.1) is 11.8 Å². The molecule has 0 amide bonds. The zero-order valence-corrected chi connectivity index (χ0v) is 16.0. The minimum Gasteiger partial charge on any atom is -0.473 e. The molecule has 0 spiro atoms. The van der Waals surface area contributed by atoms with Gasteiger partial charge in [0.25, 0.3) is 0 Å². The van der Waals surface area contributed by atoms with Crippen molar-refractivity contribution in [1.82, 2.24) is 15.1 Å². The van der Waals surface area contributed by atoms with E-state index in [4.69, 9.17) is 21.4 Å². The van der Waals surface area contributed by atoms with Crippen LogP contribution in [0.15, 0.2) is 30.3 Å². The van der Waals surface area contributed by atoms with Gasteiger partial charge in [-0.2, -0.15) is 5.10 Å². The number of nitrogens with zero attached hydrogens (tertiary/aromatic N) is 2. The molecule has 0 radical (unpaired) electrons. The van der Waals surface area contributed by atoms with Crippen LogP contribution in [0.4, 0.5) is 0 Å². The summed E-state index contributed by atoms with van der Waals surface area (Å²) in [7, 11) is 1.95. The molecule has 0 saturated heterocycles. The lowest BCUT2D eigenvalue weighted by molar-refractivity contribution is 0.229. The van der Waals surface area contributed by atoms with Gasteiger partial charge < -0.3 is 10.1 Å².